The number of anilines is 2. The van der Waals surface area contributed by atoms with E-state index in [2.05, 4.69) is 4.98 Å². The minimum absolute atomic E-state index is 0.0538. The Bertz CT molecular complexity index is 365. The van der Waals surface area contributed by atoms with Gasteiger partial charge >= 0.3 is 0 Å². The van der Waals surface area contributed by atoms with Gasteiger partial charge in [-0.15, -0.1) is 0 Å². The number of rotatable bonds is 4. The summed E-state index contributed by atoms with van der Waals surface area (Å²) in [7, 11) is 3.48. The molecule has 0 radical (unpaired) electrons. The third-order valence-electron chi connectivity index (χ3n) is 2.38. The van der Waals surface area contributed by atoms with Gasteiger partial charge in [0, 0.05) is 26.8 Å². The molecule has 2 N–H and O–H groups in total. The Balaban J connectivity index is 2.83. The second-order valence-corrected chi connectivity index (χ2v) is 3.74. The summed E-state index contributed by atoms with van der Waals surface area (Å²) >= 11 is 0. The van der Waals surface area contributed by atoms with Gasteiger partial charge in [0.25, 0.3) is 0 Å². The lowest BCUT2D eigenvalue weighted by Gasteiger charge is -2.25. The number of likely N-dealkylation sites (N-methyl/N-ethyl adjacent to an activating group) is 2. The van der Waals surface area contributed by atoms with Crippen LogP contribution in [0.2, 0.25) is 0 Å². The molecule has 0 aromatic carbocycles. The van der Waals surface area contributed by atoms with E-state index in [1.807, 2.05) is 17.9 Å². The fraction of sp³-hybridized carbons (Fsp3) is 0.455. The highest BCUT2D eigenvalue weighted by molar-refractivity contribution is 5.82. The topological polar surface area (TPSA) is 62.5 Å². The summed E-state index contributed by atoms with van der Waals surface area (Å²) in [5.41, 5.74) is 7.27. The van der Waals surface area contributed by atoms with E-state index in [0.717, 1.165) is 12.2 Å². The quantitative estimate of drug-likeness (QED) is 0.809. The first-order valence-corrected chi connectivity index (χ1v) is 5.20. The number of carbonyl (C=O) groups excluding carboxylic acids is 1. The Morgan fingerprint density at radius 2 is 2.19 bits per heavy atom. The van der Waals surface area contributed by atoms with Crippen molar-refractivity contribution in [2.45, 2.75) is 6.92 Å². The van der Waals surface area contributed by atoms with Crippen LogP contribution in [0.1, 0.15) is 6.92 Å². The molecule has 0 saturated heterocycles. The Kier molecular flexibility index (Phi) is 4.10. The molecule has 0 spiro atoms. The molecular formula is C11H18N4O. The van der Waals surface area contributed by atoms with Crippen molar-refractivity contribution < 1.29 is 4.79 Å². The second kappa shape index (κ2) is 5.34. The summed E-state index contributed by atoms with van der Waals surface area (Å²) < 4.78 is 0. The molecule has 88 valence electrons. The maximum Gasteiger partial charge on any atom is 0.241 e. The zero-order valence-electron chi connectivity index (χ0n) is 9.97. The molecule has 1 rings (SSSR count). The lowest BCUT2D eigenvalue weighted by atomic mass is 10.3. The summed E-state index contributed by atoms with van der Waals surface area (Å²) in [5, 5.41) is 0. The maximum atomic E-state index is 11.6. The van der Waals surface area contributed by atoms with Gasteiger partial charge in [-0.1, -0.05) is 0 Å². The Hall–Kier alpha value is -1.78. The van der Waals surface area contributed by atoms with Crippen LogP contribution < -0.4 is 10.6 Å². The molecule has 1 aromatic rings. The van der Waals surface area contributed by atoms with Crippen molar-refractivity contribution in [2.75, 3.05) is 37.8 Å². The lowest BCUT2D eigenvalue weighted by molar-refractivity contribution is -0.127. The van der Waals surface area contributed by atoms with Crippen LogP contribution in [0.15, 0.2) is 18.5 Å². The summed E-state index contributed by atoms with van der Waals surface area (Å²) in [6, 6.07) is 1.82. The van der Waals surface area contributed by atoms with Crippen molar-refractivity contribution >= 4 is 17.3 Å². The van der Waals surface area contributed by atoms with Crippen LogP contribution in [0.4, 0.5) is 11.4 Å². The highest BCUT2D eigenvalue weighted by Crippen LogP contribution is 2.20. The van der Waals surface area contributed by atoms with Gasteiger partial charge in [0.1, 0.15) is 0 Å². The number of nitrogens with zero attached hydrogens (tertiary/aromatic N) is 3. The van der Waals surface area contributed by atoms with Gasteiger partial charge in [-0.05, 0) is 13.0 Å². The van der Waals surface area contributed by atoms with Crippen molar-refractivity contribution in [3.05, 3.63) is 18.5 Å². The average molecular weight is 222 g/mol. The zero-order valence-corrected chi connectivity index (χ0v) is 9.97. The molecule has 16 heavy (non-hydrogen) atoms. The first-order chi connectivity index (χ1) is 7.56. The molecule has 1 heterocycles. The van der Waals surface area contributed by atoms with Gasteiger partial charge in [0.2, 0.25) is 5.91 Å². The van der Waals surface area contributed by atoms with Crippen LogP contribution in [0, 0.1) is 0 Å². The molecule has 0 aliphatic carbocycles. The van der Waals surface area contributed by atoms with Gasteiger partial charge in [-0.2, -0.15) is 0 Å². The molecule has 0 saturated carbocycles. The van der Waals surface area contributed by atoms with E-state index in [4.69, 9.17) is 5.73 Å². The molecule has 0 aliphatic rings. The van der Waals surface area contributed by atoms with Crippen LogP contribution in [-0.4, -0.2) is 43.0 Å². The number of amides is 1. The van der Waals surface area contributed by atoms with Gasteiger partial charge in [-0.25, -0.2) is 0 Å². The Labute approximate surface area is 95.9 Å². The van der Waals surface area contributed by atoms with E-state index in [1.54, 1.807) is 31.4 Å². The van der Waals surface area contributed by atoms with Crippen molar-refractivity contribution in [1.29, 1.82) is 0 Å². The average Bonchev–Trinajstić information content (AvgIpc) is 2.26. The van der Waals surface area contributed by atoms with Crippen LogP contribution >= 0.6 is 0 Å². The molecule has 0 aliphatic heterocycles. The number of hydrogen-bond acceptors (Lipinski definition) is 4. The number of nitrogens with two attached hydrogens (primary N) is 1. The predicted molar refractivity (Wildman–Crippen MR) is 65.2 cm³/mol. The number of carbonyl (C=O) groups is 1. The van der Waals surface area contributed by atoms with Crippen LogP contribution in [0.3, 0.4) is 0 Å². The molecule has 0 bridgehead atoms. The molecule has 0 fully saturated rings. The molecule has 0 atom stereocenters. The van der Waals surface area contributed by atoms with E-state index in [0.29, 0.717) is 12.2 Å². The Morgan fingerprint density at radius 3 is 2.69 bits per heavy atom. The smallest absolute Gasteiger partial charge is 0.241 e. The fourth-order valence-corrected chi connectivity index (χ4v) is 1.36. The summed E-state index contributed by atoms with van der Waals surface area (Å²) in [5.74, 6) is 0.0538. The predicted octanol–water partition coefficient (Wildman–Crippen LogP) is 0.578. The van der Waals surface area contributed by atoms with Crippen molar-refractivity contribution in [3.63, 3.8) is 0 Å². The Morgan fingerprint density at radius 1 is 1.50 bits per heavy atom. The minimum Gasteiger partial charge on any atom is -0.396 e. The van der Waals surface area contributed by atoms with E-state index in [9.17, 15) is 4.79 Å². The number of pyridine rings is 1. The number of nitrogen functional groups attached to an aromatic ring is 1. The minimum atomic E-state index is 0.0538. The fourth-order valence-electron chi connectivity index (χ4n) is 1.36. The first kappa shape index (κ1) is 12.3. The highest BCUT2D eigenvalue weighted by atomic mass is 16.2. The maximum absolute atomic E-state index is 11.6. The highest BCUT2D eigenvalue weighted by Gasteiger charge is 2.13. The SMILES string of the molecule is CCN(CC(=O)N(C)C)c1ccncc1N. The van der Waals surface area contributed by atoms with Crippen molar-refractivity contribution in [3.8, 4) is 0 Å². The molecule has 5 nitrogen and oxygen atoms in total. The van der Waals surface area contributed by atoms with Crippen molar-refractivity contribution in [2.24, 2.45) is 0 Å². The van der Waals surface area contributed by atoms with E-state index in [-0.39, 0.29) is 5.91 Å². The van der Waals surface area contributed by atoms with E-state index < -0.39 is 0 Å². The number of aromatic nitrogens is 1. The lowest BCUT2D eigenvalue weighted by Crippen LogP contribution is -2.36. The third-order valence-corrected chi connectivity index (χ3v) is 2.38. The van der Waals surface area contributed by atoms with Crippen molar-refractivity contribution in [1.82, 2.24) is 9.88 Å². The van der Waals surface area contributed by atoms with Gasteiger partial charge in [0.15, 0.2) is 0 Å². The zero-order chi connectivity index (χ0) is 12.1. The van der Waals surface area contributed by atoms with Gasteiger partial charge < -0.3 is 15.5 Å². The standard InChI is InChI=1S/C11H18N4O/c1-4-15(8-11(16)14(2)3)10-5-6-13-7-9(10)12/h5-7H,4,8,12H2,1-3H3. The largest absolute Gasteiger partial charge is 0.396 e. The van der Waals surface area contributed by atoms with E-state index >= 15 is 0 Å². The van der Waals surface area contributed by atoms with Crippen LogP contribution in [0.25, 0.3) is 0 Å². The van der Waals surface area contributed by atoms with Gasteiger partial charge in [-0.3, -0.25) is 9.78 Å². The molecular weight excluding hydrogens is 204 g/mol. The monoisotopic (exact) mass is 222 g/mol. The van der Waals surface area contributed by atoms with Crippen LogP contribution in [-0.2, 0) is 4.79 Å². The second-order valence-electron chi connectivity index (χ2n) is 3.74. The van der Waals surface area contributed by atoms with Gasteiger partial charge in [0.05, 0.1) is 24.1 Å². The molecule has 0 unspecified atom stereocenters. The molecule has 1 aromatic heterocycles. The molecule has 5 heteroatoms. The van der Waals surface area contributed by atoms with Crippen LogP contribution in [0.5, 0.6) is 0 Å². The summed E-state index contributed by atoms with van der Waals surface area (Å²) in [6.45, 7) is 3.05. The normalized spacial score (nSPS) is 9.94. The third kappa shape index (κ3) is 2.85. The molecule has 1 amide bonds. The first-order valence-electron chi connectivity index (χ1n) is 5.20. The van der Waals surface area contributed by atoms with E-state index in [1.165, 1.54) is 0 Å². The number of hydrogen-bond donors (Lipinski definition) is 1. The summed E-state index contributed by atoms with van der Waals surface area (Å²) in [4.78, 5) is 19.1. The summed E-state index contributed by atoms with van der Waals surface area (Å²) in [6.07, 6.45) is 3.27.